The van der Waals surface area contributed by atoms with E-state index in [9.17, 15) is 4.79 Å². The van der Waals surface area contributed by atoms with Crippen molar-refractivity contribution in [1.29, 1.82) is 0 Å². The lowest BCUT2D eigenvalue weighted by molar-refractivity contribution is 0.0967. The van der Waals surface area contributed by atoms with Crippen molar-refractivity contribution in [2.75, 3.05) is 6.61 Å². The highest BCUT2D eigenvalue weighted by Gasteiger charge is 2.18. The van der Waals surface area contributed by atoms with Crippen LogP contribution < -0.4 is 0 Å². The molecule has 0 bridgehead atoms. The van der Waals surface area contributed by atoms with Crippen molar-refractivity contribution in [2.24, 2.45) is 0 Å². The Morgan fingerprint density at radius 1 is 0.967 bits per heavy atom. The number of aliphatic hydroxyl groups excluding tert-OH is 1. The summed E-state index contributed by atoms with van der Waals surface area (Å²) >= 11 is 0. The van der Waals surface area contributed by atoms with E-state index in [-0.39, 0.29) is 18.8 Å². The zero-order valence-electron chi connectivity index (χ0n) is 17.2. The molecule has 0 aliphatic rings. The Bertz CT molecular complexity index is 1200. The first-order chi connectivity index (χ1) is 14.6. The number of ketones is 1. The van der Waals surface area contributed by atoms with Gasteiger partial charge in [-0.1, -0.05) is 30.3 Å². The van der Waals surface area contributed by atoms with E-state index >= 15 is 0 Å². The molecule has 4 nitrogen and oxygen atoms in total. The van der Waals surface area contributed by atoms with Crippen molar-refractivity contribution in [2.45, 2.75) is 26.7 Å². The summed E-state index contributed by atoms with van der Waals surface area (Å²) in [7, 11) is 0. The number of carbonyl (C=O) groups is 1. The van der Waals surface area contributed by atoms with Crippen LogP contribution >= 0.6 is 0 Å². The molecule has 0 atom stereocenters. The highest BCUT2D eigenvalue weighted by atomic mass is 16.3. The summed E-state index contributed by atoms with van der Waals surface area (Å²) in [6, 6.07) is 18.1. The maximum atomic E-state index is 12.7. The number of Topliss-reactive ketones (excluding diaryl/α,β-unsaturated/α-hetero) is 1. The number of fused-ring (bicyclic) bond motifs is 1. The van der Waals surface area contributed by atoms with Gasteiger partial charge in [0.1, 0.15) is 5.69 Å². The second kappa shape index (κ2) is 8.56. The lowest BCUT2D eigenvalue weighted by atomic mass is 9.89. The van der Waals surface area contributed by atoms with Gasteiger partial charge in [-0.25, -0.2) is 4.98 Å². The molecule has 4 heteroatoms. The fraction of sp³-hybridized carbons (Fsp3) is 0.192. The van der Waals surface area contributed by atoms with Crippen LogP contribution in [0.3, 0.4) is 0 Å². The quantitative estimate of drug-likeness (QED) is 0.435. The lowest BCUT2D eigenvalue weighted by Crippen LogP contribution is -2.05. The van der Waals surface area contributed by atoms with Crippen LogP contribution in [0.25, 0.3) is 33.2 Å². The number of nitrogens with zero attached hydrogens (tertiary/aromatic N) is 2. The Morgan fingerprint density at radius 3 is 2.40 bits per heavy atom. The van der Waals surface area contributed by atoms with Gasteiger partial charge in [-0.15, -0.1) is 0 Å². The highest BCUT2D eigenvalue weighted by molar-refractivity contribution is 6.05. The fourth-order valence-corrected chi connectivity index (χ4v) is 4.08. The van der Waals surface area contributed by atoms with Crippen molar-refractivity contribution in [3.8, 4) is 22.3 Å². The molecule has 2 heterocycles. The number of hydrogen-bond donors (Lipinski definition) is 1. The third-order valence-corrected chi connectivity index (χ3v) is 5.45. The van der Waals surface area contributed by atoms with Crippen molar-refractivity contribution >= 4 is 16.7 Å². The van der Waals surface area contributed by atoms with E-state index in [1.807, 2.05) is 36.4 Å². The summed E-state index contributed by atoms with van der Waals surface area (Å²) in [6.07, 6.45) is 4.34. The number of rotatable bonds is 6. The first-order valence-corrected chi connectivity index (χ1v) is 10.1. The smallest absolute Gasteiger partial charge is 0.181 e. The van der Waals surface area contributed by atoms with Crippen LogP contribution in [-0.4, -0.2) is 27.5 Å². The van der Waals surface area contributed by atoms with Crippen LogP contribution in [0, 0.1) is 13.8 Å². The largest absolute Gasteiger partial charge is 0.396 e. The molecule has 0 amide bonds. The predicted molar refractivity (Wildman–Crippen MR) is 121 cm³/mol. The van der Waals surface area contributed by atoms with Gasteiger partial charge >= 0.3 is 0 Å². The molecule has 0 unspecified atom stereocenters. The Kier molecular flexibility index (Phi) is 5.68. The minimum atomic E-state index is -0.0448. The number of carbonyl (C=O) groups excluding carboxylic acids is 1. The van der Waals surface area contributed by atoms with Gasteiger partial charge in [0.25, 0.3) is 0 Å². The Morgan fingerprint density at radius 2 is 1.70 bits per heavy atom. The maximum Gasteiger partial charge on any atom is 0.181 e. The number of pyridine rings is 2. The molecule has 2 aromatic carbocycles. The summed E-state index contributed by atoms with van der Waals surface area (Å²) in [6.45, 7) is 4.19. The van der Waals surface area contributed by atoms with Gasteiger partial charge in [-0.2, -0.15) is 0 Å². The van der Waals surface area contributed by atoms with Gasteiger partial charge < -0.3 is 5.11 Å². The number of aryl methyl sites for hydroxylation is 2. The van der Waals surface area contributed by atoms with E-state index in [1.54, 1.807) is 12.4 Å². The molecule has 0 saturated carbocycles. The fourth-order valence-electron chi connectivity index (χ4n) is 4.08. The molecule has 30 heavy (non-hydrogen) atoms. The molecule has 0 aliphatic carbocycles. The highest BCUT2D eigenvalue weighted by Crippen LogP contribution is 2.38. The lowest BCUT2D eigenvalue weighted by Gasteiger charge is -2.17. The topological polar surface area (TPSA) is 63.1 Å². The zero-order chi connectivity index (χ0) is 21.1. The van der Waals surface area contributed by atoms with Gasteiger partial charge in [-0.05, 0) is 77.9 Å². The van der Waals surface area contributed by atoms with Crippen molar-refractivity contribution in [1.82, 2.24) is 9.97 Å². The van der Waals surface area contributed by atoms with E-state index in [1.165, 1.54) is 5.56 Å². The van der Waals surface area contributed by atoms with Crippen LogP contribution in [0.2, 0.25) is 0 Å². The normalized spacial score (nSPS) is 11.0. The Balaban J connectivity index is 2.01. The molecule has 0 fully saturated rings. The van der Waals surface area contributed by atoms with Gasteiger partial charge in [0.05, 0.1) is 5.52 Å². The third kappa shape index (κ3) is 3.74. The summed E-state index contributed by atoms with van der Waals surface area (Å²) in [4.78, 5) is 21.6. The van der Waals surface area contributed by atoms with Crippen LogP contribution in [0.4, 0.5) is 0 Å². The molecular formula is C26H24N2O2. The third-order valence-electron chi connectivity index (χ3n) is 5.45. The SMILES string of the molecule is Cc1cc2nc(C(=O)CCCO)cc(-c3ccccc3)c2c(C)c1-c1ccncc1. The first-order valence-electron chi connectivity index (χ1n) is 10.1. The summed E-state index contributed by atoms with van der Waals surface area (Å²) in [5.41, 5.74) is 7.85. The van der Waals surface area contributed by atoms with Crippen molar-refractivity contribution in [3.05, 3.63) is 83.8 Å². The molecule has 4 aromatic rings. The molecule has 0 spiro atoms. The first kappa shape index (κ1) is 19.9. The molecule has 1 N–H and O–H groups in total. The van der Waals surface area contributed by atoms with Crippen LogP contribution in [0.15, 0.2) is 67.0 Å². The molecule has 0 saturated heterocycles. The second-order valence-corrected chi connectivity index (χ2v) is 7.49. The Labute approximate surface area is 176 Å². The minimum Gasteiger partial charge on any atom is -0.396 e. The maximum absolute atomic E-state index is 12.7. The van der Waals surface area contributed by atoms with E-state index < -0.39 is 0 Å². The Hall–Kier alpha value is -3.37. The van der Waals surface area contributed by atoms with Crippen LogP contribution in [-0.2, 0) is 0 Å². The summed E-state index contributed by atoms with van der Waals surface area (Å²) in [5.74, 6) is -0.0448. The van der Waals surface area contributed by atoms with Crippen molar-refractivity contribution in [3.63, 3.8) is 0 Å². The van der Waals surface area contributed by atoms with Crippen LogP contribution in [0.1, 0.15) is 34.5 Å². The molecule has 150 valence electrons. The van der Waals surface area contributed by atoms with E-state index in [4.69, 9.17) is 10.1 Å². The number of aliphatic hydroxyl groups is 1. The number of benzene rings is 2. The average molecular weight is 396 g/mol. The van der Waals surface area contributed by atoms with Crippen LogP contribution in [0.5, 0.6) is 0 Å². The van der Waals surface area contributed by atoms with Gasteiger partial charge in [0, 0.05) is 30.8 Å². The molecule has 0 aliphatic heterocycles. The summed E-state index contributed by atoms with van der Waals surface area (Å²) < 4.78 is 0. The minimum absolute atomic E-state index is 0.00161. The molecule has 2 aromatic heterocycles. The molecule has 0 radical (unpaired) electrons. The zero-order valence-corrected chi connectivity index (χ0v) is 17.2. The molecular weight excluding hydrogens is 372 g/mol. The van der Waals surface area contributed by atoms with Gasteiger partial charge in [0.15, 0.2) is 5.78 Å². The van der Waals surface area contributed by atoms with Crippen molar-refractivity contribution < 1.29 is 9.90 Å². The number of hydrogen-bond acceptors (Lipinski definition) is 4. The second-order valence-electron chi connectivity index (χ2n) is 7.49. The standard InChI is InChI=1S/C26H24N2O2/c1-17-15-23-26(18(2)25(17)20-10-12-27-13-11-20)21(19-7-4-3-5-8-19)16-22(28-23)24(30)9-6-14-29/h3-5,7-8,10-13,15-16,29H,6,9,14H2,1-2H3. The van der Waals surface area contributed by atoms with Gasteiger partial charge in [-0.3, -0.25) is 9.78 Å². The number of aromatic nitrogens is 2. The van der Waals surface area contributed by atoms with Gasteiger partial charge in [0.2, 0.25) is 0 Å². The van der Waals surface area contributed by atoms with E-state index in [0.717, 1.165) is 38.7 Å². The predicted octanol–water partition coefficient (Wildman–Crippen LogP) is 5.54. The van der Waals surface area contributed by atoms with E-state index in [0.29, 0.717) is 12.1 Å². The summed E-state index contributed by atoms with van der Waals surface area (Å²) in [5, 5.41) is 10.2. The van der Waals surface area contributed by atoms with E-state index in [2.05, 4.69) is 37.0 Å². The molecule has 4 rings (SSSR count). The average Bonchev–Trinajstić information content (AvgIpc) is 2.78. The monoisotopic (exact) mass is 396 g/mol.